The molecule has 0 fully saturated rings. The summed E-state index contributed by atoms with van der Waals surface area (Å²) in [7, 11) is 1.82. The molecule has 17 heavy (non-hydrogen) atoms. The molecule has 1 heterocycles. The normalized spacial score (nSPS) is 10.9. The molecule has 1 N–H and O–H groups in total. The Morgan fingerprint density at radius 1 is 1.65 bits per heavy atom. The van der Waals surface area contributed by atoms with Gasteiger partial charge >= 0.3 is 5.97 Å². The Balaban J connectivity index is 2.60. The number of anilines is 1. The zero-order valence-electron chi connectivity index (χ0n) is 9.94. The molecule has 0 radical (unpaired) electrons. The summed E-state index contributed by atoms with van der Waals surface area (Å²) in [5.74, 6) is -1.05. The van der Waals surface area contributed by atoms with Crippen molar-refractivity contribution in [3.05, 3.63) is 10.0 Å². The van der Waals surface area contributed by atoms with Crippen molar-refractivity contribution in [1.82, 2.24) is 4.98 Å². The highest BCUT2D eigenvalue weighted by Crippen LogP contribution is 2.28. The summed E-state index contributed by atoms with van der Waals surface area (Å²) in [6, 6.07) is 0. The van der Waals surface area contributed by atoms with Crippen molar-refractivity contribution in [2.75, 3.05) is 25.1 Å². The average Bonchev–Trinajstić information content (AvgIpc) is 2.59. The maximum Gasteiger partial charge on any atom is 0.349 e. The van der Waals surface area contributed by atoms with Crippen LogP contribution in [0.15, 0.2) is 0 Å². The molecule has 0 unspecified atom stereocenters. The first-order chi connectivity index (χ1) is 7.91. The van der Waals surface area contributed by atoms with Crippen molar-refractivity contribution in [3.8, 4) is 0 Å². The van der Waals surface area contributed by atoms with Crippen molar-refractivity contribution in [1.29, 1.82) is 0 Å². The number of ether oxygens (including phenoxy) is 1. The minimum Gasteiger partial charge on any atom is -0.477 e. The first-order valence-corrected chi connectivity index (χ1v) is 6.33. The fraction of sp³-hybridized carbons (Fsp3) is 0.600. The quantitative estimate of drug-likeness (QED) is 0.865. The van der Waals surface area contributed by atoms with Crippen molar-refractivity contribution >= 4 is 34.0 Å². The maximum absolute atomic E-state index is 10.8. The molecule has 0 saturated carbocycles. The molecule has 0 aliphatic heterocycles. The van der Waals surface area contributed by atoms with Gasteiger partial charge in [0.2, 0.25) is 0 Å². The monoisotopic (exact) mass is 278 g/mol. The third-order valence-electron chi connectivity index (χ3n) is 1.97. The average molecular weight is 279 g/mol. The fourth-order valence-electron chi connectivity index (χ4n) is 1.11. The minimum atomic E-state index is -1.05. The Morgan fingerprint density at radius 3 is 2.76 bits per heavy atom. The summed E-state index contributed by atoms with van der Waals surface area (Å²) in [5, 5.41) is 9.47. The molecular weight excluding hydrogens is 264 g/mol. The number of hydrogen-bond donors (Lipinski definition) is 1. The molecule has 0 saturated heterocycles. The number of aromatic nitrogens is 1. The predicted octanol–water partition coefficient (Wildman–Crippen LogP) is 2.36. The number of carboxylic acid groups (broad SMARTS) is 1. The Bertz CT molecular complexity index is 395. The highest BCUT2D eigenvalue weighted by atomic mass is 35.5. The topological polar surface area (TPSA) is 62.7 Å². The molecule has 0 bridgehead atoms. The summed E-state index contributed by atoms with van der Waals surface area (Å²) in [4.78, 5) is 16.7. The lowest BCUT2D eigenvalue weighted by molar-refractivity contribution is 0.0702. The van der Waals surface area contributed by atoms with Crippen LogP contribution in [-0.2, 0) is 4.74 Å². The van der Waals surface area contributed by atoms with E-state index >= 15 is 0 Å². The predicted molar refractivity (Wildman–Crippen MR) is 68.4 cm³/mol. The first kappa shape index (κ1) is 14.2. The number of rotatable bonds is 6. The van der Waals surface area contributed by atoms with Crippen molar-refractivity contribution in [2.45, 2.75) is 20.0 Å². The molecule has 0 spiro atoms. The van der Waals surface area contributed by atoms with Crippen LogP contribution >= 0.6 is 22.9 Å². The number of aromatic carboxylic acids is 1. The van der Waals surface area contributed by atoms with Gasteiger partial charge in [-0.2, -0.15) is 0 Å². The van der Waals surface area contributed by atoms with Crippen molar-refractivity contribution in [3.63, 3.8) is 0 Å². The van der Waals surface area contributed by atoms with Gasteiger partial charge in [-0.3, -0.25) is 0 Å². The van der Waals surface area contributed by atoms with Crippen molar-refractivity contribution < 1.29 is 14.6 Å². The van der Waals surface area contributed by atoms with Crippen molar-refractivity contribution in [2.24, 2.45) is 0 Å². The zero-order valence-corrected chi connectivity index (χ0v) is 11.5. The molecule has 7 heteroatoms. The summed E-state index contributed by atoms with van der Waals surface area (Å²) < 4.78 is 5.40. The number of hydrogen-bond acceptors (Lipinski definition) is 5. The molecule has 1 aromatic rings. The summed E-state index contributed by atoms with van der Waals surface area (Å²) in [6.45, 7) is 5.13. The standard InChI is InChI=1S/C10H15ClN2O3S/c1-6(2)16-5-4-13(3)10-12-8(11)7(17-10)9(14)15/h6H,4-5H2,1-3H3,(H,14,15). The van der Waals surface area contributed by atoms with Crippen LogP contribution in [0.2, 0.25) is 5.15 Å². The second-order valence-electron chi connectivity index (χ2n) is 3.76. The number of carboxylic acids is 1. The van der Waals surface area contributed by atoms with Crippen LogP contribution in [0.4, 0.5) is 5.13 Å². The molecule has 1 aromatic heterocycles. The third kappa shape index (κ3) is 4.14. The van der Waals surface area contributed by atoms with E-state index in [4.69, 9.17) is 21.4 Å². The molecule has 0 atom stereocenters. The Labute approximate surface area is 109 Å². The van der Waals surface area contributed by atoms with E-state index in [-0.39, 0.29) is 16.1 Å². The summed E-state index contributed by atoms with van der Waals surface area (Å²) >= 11 is 6.79. The van der Waals surface area contributed by atoms with Gasteiger partial charge in [-0.05, 0) is 13.8 Å². The molecule has 0 aliphatic carbocycles. The van der Waals surface area contributed by atoms with E-state index in [1.54, 1.807) is 0 Å². The number of halogens is 1. The largest absolute Gasteiger partial charge is 0.477 e. The van der Waals surface area contributed by atoms with Crippen LogP contribution < -0.4 is 4.90 Å². The van der Waals surface area contributed by atoms with Crippen LogP contribution in [0, 0.1) is 0 Å². The molecule has 96 valence electrons. The molecule has 0 amide bonds. The van der Waals surface area contributed by atoms with E-state index in [1.165, 1.54) is 0 Å². The van der Waals surface area contributed by atoms with Crippen LogP contribution in [-0.4, -0.2) is 42.4 Å². The first-order valence-electron chi connectivity index (χ1n) is 5.14. The van der Waals surface area contributed by atoms with Crippen LogP contribution in [0.5, 0.6) is 0 Å². The van der Waals surface area contributed by atoms with E-state index in [9.17, 15) is 4.79 Å². The van der Waals surface area contributed by atoms with Gasteiger partial charge in [0.05, 0.1) is 12.7 Å². The van der Waals surface area contributed by atoms with E-state index in [0.29, 0.717) is 18.3 Å². The van der Waals surface area contributed by atoms with Crippen LogP contribution in [0.1, 0.15) is 23.5 Å². The Morgan fingerprint density at radius 2 is 2.29 bits per heavy atom. The maximum atomic E-state index is 10.8. The zero-order chi connectivity index (χ0) is 13.0. The van der Waals surface area contributed by atoms with E-state index in [1.807, 2.05) is 25.8 Å². The van der Waals surface area contributed by atoms with E-state index < -0.39 is 5.97 Å². The molecule has 0 aromatic carbocycles. The van der Waals surface area contributed by atoms with Gasteiger partial charge in [0.15, 0.2) is 15.2 Å². The highest BCUT2D eigenvalue weighted by Gasteiger charge is 2.17. The Hall–Kier alpha value is -0.850. The van der Waals surface area contributed by atoms with Gasteiger partial charge in [-0.15, -0.1) is 0 Å². The number of carbonyl (C=O) groups is 1. The van der Waals surface area contributed by atoms with Gasteiger partial charge < -0.3 is 14.7 Å². The second-order valence-corrected chi connectivity index (χ2v) is 5.10. The number of nitrogens with zero attached hydrogens (tertiary/aromatic N) is 2. The highest BCUT2D eigenvalue weighted by molar-refractivity contribution is 7.18. The van der Waals surface area contributed by atoms with Crippen LogP contribution in [0.25, 0.3) is 0 Å². The number of likely N-dealkylation sites (N-methyl/N-ethyl adjacent to an activating group) is 1. The fourth-order valence-corrected chi connectivity index (χ4v) is 2.22. The minimum absolute atomic E-state index is 0.0362. The van der Waals surface area contributed by atoms with Gasteiger partial charge in [0, 0.05) is 13.6 Å². The lowest BCUT2D eigenvalue weighted by Crippen LogP contribution is -2.23. The van der Waals surface area contributed by atoms with Gasteiger partial charge in [0.25, 0.3) is 0 Å². The Kier molecular flexibility index (Phi) is 5.17. The van der Waals surface area contributed by atoms with Gasteiger partial charge in [-0.1, -0.05) is 22.9 Å². The summed E-state index contributed by atoms with van der Waals surface area (Å²) in [5.41, 5.74) is 0. The van der Waals surface area contributed by atoms with E-state index in [0.717, 1.165) is 11.3 Å². The summed E-state index contributed by atoms with van der Waals surface area (Å²) in [6.07, 6.45) is 0.179. The molecule has 0 aliphatic rings. The third-order valence-corrected chi connectivity index (χ3v) is 3.52. The van der Waals surface area contributed by atoms with Gasteiger partial charge in [-0.25, -0.2) is 9.78 Å². The molecule has 1 rings (SSSR count). The van der Waals surface area contributed by atoms with E-state index in [2.05, 4.69) is 4.98 Å². The SMILES string of the molecule is CC(C)OCCN(C)c1nc(Cl)c(C(=O)O)s1. The lowest BCUT2D eigenvalue weighted by Gasteiger charge is -2.16. The second kappa shape index (κ2) is 6.18. The molecule has 5 nitrogen and oxygen atoms in total. The molecular formula is C10H15ClN2O3S. The van der Waals surface area contributed by atoms with Crippen LogP contribution in [0.3, 0.4) is 0 Å². The lowest BCUT2D eigenvalue weighted by atomic mass is 10.5. The number of thiazole rings is 1. The smallest absolute Gasteiger partial charge is 0.349 e. The van der Waals surface area contributed by atoms with Gasteiger partial charge in [0.1, 0.15) is 0 Å².